The second kappa shape index (κ2) is 8.93. The molecule has 1 heterocycles. The quantitative estimate of drug-likeness (QED) is 0.414. The van der Waals surface area contributed by atoms with Crippen LogP contribution in [0.5, 0.6) is 5.75 Å². The van der Waals surface area contributed by atoms with Gasteiger partial charge < -0.3 is 10.1 Å². The number of aryl methyl sites for hydroxylation is 2. The molecule has 0 aliphatic rings. The number of aromatic nitrogens is 1. The van der Waals surface area contributed by atoms with Gasteiger partial charge in [0.2, 0.25) is 0 Å². The van der Waals surface area contributed by atoms with Crippen molar-refractivity contribution in [2.75, 3.05) is 11.9 Å². The van der Waals surface area contributed by atoms with Crippen LogP contribution in [0.2, 0.25) is 0 Å². The van der Waals surface area contributed by atoms with Gasteiger partial charge in [-0.1, -0.05) is 54.1 Å². The van der Waals surface area contributed by atoms with Gasteiger partial charge in [0.1, 0.15) is 10.8 Å². The summed E-state index contributed by atoms with van der Waals surface area (Å²) in [5.74, 6) is 0.484. The van der Waals surface area contributed by atoms with Gasteiger partial charge in [-0.15, -0.1) is 11.3 Å². The molecule has 1 N–H and O–H groups in total. The zero-order valence-corrected chi connectivity index (χ0v) is 17.7. The lowest BCUT2D eigenvalue weighted by Crippen LogP contribution is -2.20. The Hall–Kier alpha value is -3.44. The lowest BCUT2D eigenvalue weighted by molar-refractivity contribution is -0.118. The summed E-state index contributed by atoms with van der Waals surface area (Å²) < 4.78 is 5.52. The number of carbonyl (C=O) groups is 1. The predicted octanol–water partition coefficient (Wildman–Crippen LogP) is 6.11. The van der Waals surface area contributed by atoms with E-state index >= 15 is 0 Å². The minimum atomic E-state index is -0.196. The molecule has 3 aromatic carbocycles. The highest BCUT2D eigenvalue weighted by atomic mass is 32.1. The number of hydrogen-bond donors (Lipinski definition) is 1. The van der Waals surface area contributed by atoms with E-state index in [1.807, 2.05) is 67.6 Å². The first-order chi connectivity index (χ1) is 14.6. The number of nitrogens with zero attached hydrogens (tertiary/aromatic N) is 1. The number of anilines is 1. The monoisotopic (exact) mass is 414 g/mol. The van der Waals surface area contributed by atoms with Gasteiger partial charge in [0.15, 0.2) is 6.61 Å². The van der Waals surface area contributed by atoms with Crippen molar-refractivity contribution in [3.8, 4) is 27.6 Å². The fraction of sp³-hybridized carbons (Fsp3) is 0.120. The zero-order valence-electron chi connectivity index (χ0n) is 16.9. The van der Waals surface area contributed by atoms with Gasteiger partial charge in [-0.2, -0.15) is 0 Å². The van der Waals surface area contributed by atoms with Gasteiger partial charge in [0.05, 0.1) is 5.69 Å². The fourth-order valence-electron chi connectivity index (χ4n) is 3.05. The van der Waals surface area contributed by atoms with E-state index in [0.717, 1.165) is 33.1 Å². The van der Waals surface area contributed by atoms with Crippen LogP contribution in [0, 0.1) is 13.8 Å². The Morgan fingerprint density at radius 3 is 2.43 bits per heavy atom. The first-order valence-corrected chi connectivity index (χ1v) is 10.6. The topological polar surface area (TPSA) is 51.2 Å². The molecule has 5 heteroatoms. The SMILES string of the molecule is Cc1ccc(OCC(=O)Nc2ccc(-c3csc(-c4ccccc4C)n3)cc2)cc1. The number of ether oxygens (including phenoxy) is 1. The van der Waals surface area contributed by atoms with Gasteiger partial charge >= 0.3 is 0 Å². The normalized spacial score (nSPS) is 10.6. The van der Waals surface area contributed by atoms with Crippen LogP contribution in [0.3, 0.4) is 0 Å². The summed E-state index contributed by atoms with van der Waals surface area (Å²) in [7, 11) is 0. The Bertz CT molecular complexity index is 1150. The van der Waals surface area contributed by atoms with Gasteiger partial charge in [-0.05, 0) is 43.7 Å². The standard InChI is InChI=1S/C25H22N2O2S/c1-17-7-13-21(14-8-17)29-15-24(28)26-20-11-9-19(10-12-20)23-16-30-25(27-23)22-6-4-3-5-18(22)2/h3-14,16H,15H2,1-2H3,(H,26,28). The van der Waals surface area contributed by atoms with Crippen LogP contribution >= 0.6 is 11.3 Å². The third-order valence-electron chi connectivity index (χ3n) is 4.73. The van der Waals surface area contributed by atoms with E-state index in [-0.39, 0.29) is 12.5 Å². The molecular formula is C25H22N2O2S. The number of nitrogens with one attached hydrogen (secondary N) is 1. The van der Waals surface area contributed by atoms with Crippen LogP contribution in [0.4, 0.5) is 5.69 Å². The van der Waals surface area contributed by atoms with Crippen molar-refractivity contribution in [3.63, 3.8) is 0 Å². The van der Waals surface area contributed by atoms with Gasteiger partial charge in [-0.25, -0.2) is 4.98 Å². The van der Waals surface area contributed by atoms with Crippen LogP contribution in [-0.2, 0) is 4.79 Å². The second-order valence-electron chi connectivity index (χ2n) is 7.08. The highest BCUT2D eigenvalue weighted by Gasteiger charge is 2.09. The van der Waals surface area contributed by atoms with Crippen LogP contribution in [0.1, 0.15) is 11.1 Å². The number of carbonyl (C=O) groups excluding carboxylic acids is 1. The number of rotatable bonds is 6. The highest BCUT2D eigenvalue weighted by Crippen LogP contribution is 2.31. The third kappa shape index (κ3) is 4.75. The maximum absolute atomic E-state index is 12.2. The average Bonchev–Trinajstić information content (AvgIpc) is 3.24. The lowest BCUT2D eigenvalue weighted by Gasteiger charge is -2.08. The number of hydrogen-bond acceptors (Lipinski definition) is 4. The van der Waals surface area contributed by atoms with Gasteiger partial charge in [-0.3, -0.25) is 4.79 Å². The number of thiazole rings is 1. The summed E-state index contributed by atoms with van der Waals surface area (Å²) in [6, 6.07) is 23.6. The maximum Gasteiger partial charge on any atom is 0.262 e. The Labute approximate surface area is 180 Å². The summed E-state index contributed by atoms with van der Waals surface area (Å²) in [5, 5.41) is 5.93. The number of amides is 1. The Morgan fingerprint density at radius 2 is 1.70 bits per heavy atom. The summed E-state index contributed by atoms with van der Waals surface area (Å²) >= 11 is 1.63. The summed E-state index contributed by atoms with van der Waals surface area (Å²) in [6.07, 6.45) is 0. The first-order valence-electron chi connectivity index (χ1n) is 9.70. The van der Waals surface area contributed by atoms with Crippen molar-refractivity contribution in [1.82, 2.24) is 4.98 Å². The molecule has 0 spiro atoms. The molecule has 30 heavy (non-hydrogen) atoms. The van der Waals surface area contributed by atoms with Gasteiger partial charge in [0.25, 0.3) is 5.91 Å². The molecule has 0 radical (unpaired) electrons. The van der Waals surface area contributed by atoms with E-state index in [0.29, 0.717) is 5.75 Å². The van der Waals surface area contributed by atoms with Crippen LogP contribution < -0.4 is 10.1 Å². The van der Waals surface area contributed by atoms with E-state index in [4.69, 9.17) is 9.72 Å². The van der Waals surface area contributed by atoms with Crippen molar-refractivity contribution >= 4 is 22.9 Å². The molecule has 4 rings (SSSR count). The lowest BCUT2D eigenvalue weighted by atomic mass is 10.1. The van der Waals surface area contributed by atoms with Crippen molar-refractivity contribution in [3.05, 3.63) is 89.3 Å². The Kier molecular flexibility index (Phi) is 5.91. The average molecular weight is 415 g/mol. The molecule has 0 saturated heterocycles. The van der Waals surface area contributed by atoms with Crippen molar-refractivity contribution in [2.24, 2.45) is 0 Å². The van der Waals surface area contributed by atoms with E-state index in [1.165, 1.54) is 5.56 Å². The molecule has 0 saturated carbocycles. The van der Waals surface area contributed by atoms with Crippen molar-refractivity contribution < 1.29 is 9.53 Å². The molecule has 0 bridgehead atoms. The predicted molar refractivity (Wildman–Crippen MR) is 123 cm³/mol. The molecule has 0 aliphatic carbocycles. The molecule has 0 aliphatic heterocycles. The molecule has 4 aromatic rings. The smallest absolute Gasteiger partial charge is 0.262 e. The summed E-state index contributed by atoms with van der Waals surface area (Å²) in [4.78, 5) is 16.9. The molecule has 150 valence electrons. The minimum Gasteiger partial charge on any atom is -0.484 e. The highest BCUT2D eigenvalue weighted by molar-refractivity contribution is 7.13. The van der Waals surface area contributed by atoms with Crippen molar-refractivity contribution in [2.45, 2.75) is 13.8 Å². The van der Waals surface area contributed by atoms with Gasteiger partial charge in [0, 0.05) is 22.2 Å². The molecule has 1 aromatic heterocycles. The van der Waals surface area contributed by atoms with Crippen LogP contribution in [0.15, 0.2) is 78.2 Å². The maximum atomic E-state index is 12.2. The van der Waals surface area contributed by atoms with E-state index in [1.54, 1.807) is 11.3 Å². The molecule has 0 unspecified atom stereocenters. The molecule has 0 fully saturated rings. The first kappa shape index (κ1) is 19.9. The Morgan fingerprint density at radius 1 is 0.967 bits per heavy atom. The second-order valence-corrected chi connectivity index (χ2v) is 7.94. The molecule has 0 atom stereocenters. The van der Waals surface area contributed by atoms with E-state index in [9.17, 15) is 4.79 Å². The van der Waals surface area contributed by atoms with Crippen molar-refractivity contribution in [1.29, 1.82) is 0 Å². The van der Waals surface area contributed by atoms with E-state index < -0.39 is 0 Å². The van der Waals surface area contributed by atoms with Crippen LogP contribution in [0.25, 0.3) is 21.8 Å². The molecule has 4 nitrogen and oxygen atoms in total. The molecule has 1 amide bonds. The largest absolute Gasteiger partial charge is 0.484 e. The van der Waals surface area contributed by atoms with Crippen LogP contribution in [-0.4, -0.2) is 17.5 Å². The fourth-order valence-corrected chi connectivity index (χ4v) is 3.97. The third-order valence-corrected chi connectivity index (χ3v) is 5.61. The summed E-state index contributed by atoms with van der Waals surface area (Å²) in [6.45, 7) is 4.07. The van der Waals surface area contributed by atoms with E-state index in [2.05, 4.69) is 29.8 Å². The number of benzene rings is 3. The molecular weight excluding hydrogens is 392 g/mol. The summed E-state index contributed by atoms with van der Waals surface area (Å²) in [5.41, 5.74) is 6.19. The zero-order chi connectivity index (χ0) is 20.9. The minimum absolute atomic E-state index is 0.0311. The Balaban J connectivity index is 1.38.